The molecule has 94 valence electrons. The van der Waals surface area contributed by atoms with Gasteiger partial charge in [-0.15, -0.1) is 11.8 Å². The molecule has 1 aromatic carbocycles. The molecule has 0 aromatic heterocycles. The summed E-state index contributed by atoms with van der Waals surface area (Å²) in [5.41, 5.74) is 5.66. The maximum atomic E-state index is 11.3. The SMILES string of the molecule is CCOC(=O)C(N)CSc1ccc(Cl)c(Cl)c1. The number of carbonyl (C=O) groups excluding carboxylic acids is 1. The lowest BCUT2D eigenvalue weighted by Gasteiger charge is -2.10. The molecule has 0 spiro atoms. The fourth-order valence-electron chi connectivity index (χ4n) is 1.07. The van der Waals surface area contributed by atoms with E-state index in [0.717, 1.165) is 4.90 Å². The van der Waals surface area contributed by atoms with Crippen LogP contribution in [-0.2, 0) is 9.53 Å². The molecule has 3 nitrogen and oxygen atoms in total. The average Bonchev–Trinajstić information content (AvgIpc) is 2.30. The molecule has 0 saturated heterocycles. The minimum Gasteiger partial charge on any atom is -0.465 e. The highest BCUT2D eigenvalue weighted by Crippen LogP contribution is 2.28. The van der Waals surface area contributed by atoms with Crippen molar-refractivity contribution in [1.82, 2.24) is 0 Å². The highest BCUT2D eigenvalue weighted by molar-refractivity contribution is 7.99. The Labute approximate surface area is 115 Å². The summed E-state index contributed by atoms with van der Waals surface area (Å²) in [4.78, 5) is 12.2. The molecule has 1 aromatic rings. The molecule has 0 fully saturated rings. The zero-order valence-corrected chi connectivity index (χ0v) is 11.6. The van der Waals surface area contributed by atoms with Crippen molar-refractivity contribution >= 4 is 40.9 Å². The van der Waals surface area contributed by atoms with E-state index in [1.165, 1.54) is 11.8 Å². The van der Waals surface area contributed by atoms with Gasteiger partial charge in [-0.25, -0.2) is 0 Å². The Morgan fingerprint density at radius 2 is 2.18 bits per heavy atom. The summed E-state index contributed by atoms with van der Waals surface area (Å²) in [7, 11) is 0. The molecule has 0 aliphatic heterocycles. The second-order valence-corrected chi connectivity index (χ2v) is 5.15. The Morgan fingerprint density at radius 1 is 1.47 bits per heavy atom. The molecule has 0 bridgehead atoms. The molecule has 1 rings (SSSR count). The first kappa shape index (κ1) is 14.6. The monoisotopic (exact) mass is 293 g/mol. The summed E-state index contributed by atoms with van der Waals surface area (Å²) in [5.74, 6) is 0.0524. The summed E-state index contributed by atoms with van der Waals surface area (Å²) in [6.07, 6.45) is 0. The third-order valence-electron chi connectivity index (χ3n) is 1.91. The van der Waals surface area contributed by atoms with Gasteiger partial charge in [-0.05, 0) is 25.1 Å². The number of esters is 1. The highest BCUT2D eigenvalue weighted by atomic mass is 35.5. The van der Waals surface area contributed by atoms with Gasteiger partial charge >= 0.3 is 5.97 Å². The number of hydrogen-bond donors (Lipinski definition) is 1. The van der Waals surface area contributed by atoms with Crippen molar-refractivity contribution in [3.05, 3.63) is 28.2 Å². The summed E-state index contributed by atoms with van der Waals surface area (Å²) in [6, 6.07) is 4.65. The van der Waals surface area contributed by atoms with Crippen LogP contribution in [-0.4, -0.2) is 24.4 Å². The van der Waals surface area contributed by atoms with Crippen molar-refractivity contribution in [1.29, 1.82) is 0 Å². The normalized spacial score (nSPS) is 12.2. The Morgan fingerprint density at radius 3 is 2.76 bits per heavy atom. The predicted molar refractivity (Wildman–Crippen MR) is 71.8 cm³/mol. The minimum atomic E-state index is -0.630. The zero-order chi connectivity index (χ0) is 12.8. The number of rotatable bonds is 5. The molecule has 6 heteroatoms. The topological polar surface area (TPSA) is 52.3 Å². The first-order valence-electron chi connectivity index (χ1n) is 5.04. The summed E-state index contributed by atoms with van der Waals surface area (Å²) >= 11 is 13.1. The van der Waals surface area contributed by atoms with Crippen molar-refractivity contribution in [2.75, 3.05) is 12.4 Å². The van der Waals surface area contributed by atoms with E-state index in [4.69, 9.17) is 33.7 Å². The number of nitrogens with two attached hydrogens (primary N) is 1. The van der Waals surface area contributed by atoms with Crippen molar-refractivity contribution in [2.24, 2.45) is 5.73 Å². The van der Waals surface area contributed by atoms with Crippen LogP contribution in [0.3, 0.4) is 0 Å². The second kappa shape index (κ2) is 7.11. The van der Waals surface area contributed by atoms with Crippen LogP contribution in [0.4, 0.5) is 0 Å². The van der Waals surface area contributed by atoms with Gasteiger partial charge in [-0.1, -0.05) is 23.2 Å². The van der Waals surface area contributed by atoms with Crippen LogP contribution in [0, 0.1) is 0 Å². The van der Waals surface area contributed by atoms with Crippen molar-refractivity contribution in [2.45, 2.75) is 17.9 Å². The van der Waals surface area contributed by atoms with Gasteiger partial charge in [0.1, 0.15) is 6.04 Å². The Hall–Kier alpha value is -0.420. The molecule has 1 unspecified atom stereocenters. The second-order valence-electron chi connectivity index (χ2n) is 3.25. The Kier molecular flexibility index (Phi) is 6.12. The van der Waals surface area contributed by atoms with Crippen molar-refractivity contribution in [3.63, 3.8) is 0 Å². The summed E-state index contributed by atoms with van der Waals surface area (Å²) in [6.45, 7) is 2.08. The third-order valence-corrected chi connectivity index (χ3v) is 3.76. The van der Waals surface area contributed by atoms with E-state index in [1.807, 2.05) is 6.07 Å². The first-order valence-corrected chi connectivity index (χ1v) is 6.78. The maximum absolute atomic E-state index is 11.3. The molecule has 0 radical (unpaired) electrons. The van der Waals surface area contributed by atoms with Crippen LogP contribution in [0.2, 0.25) is 10.0 Å². The number of benzene rings is 1. The number of hydrogen-bond acceptors (Lipinski definition) is 4. The zero-order valence-electron chi connectivity index (χ0n) is 9.28. The van der Waals surface area contributed by atoms with Crippen LogP contribution < -0.4 is 5.73 Å². The lowest BCUT2D eigenvalue weighted by atomic mass is 10.4. The Bertz CT molecular complexity index is 401. The van der Waals surface area contributed by atoms with Gasteiger partial charge in [0.05, 0.1) is 16.7 Å². The smallest absolute Gasteiger partial charge is 0.323 e. The van der Waals surface area contributed by atoms with E-state index < -0.39 is 6.04 Å². The average molecular weight is 294 g/mol. The van der Waals surface area contributed by atoms with E-state index in [-0.39, 0.29) is 5.97 Å². The fraction of sp³-hybridized carbons (Fsp3) is 0.364. The summed E-state index contributed by atoms with van der Waals surface area (Å²) < 4.78 is 4.81. The number of ether oxygens (including phenoxy) is 1. The molecular weight excluding hydrogens is 281 g/mol. The van der Waals surface area contributed by atoms with Gasteiger partial charge in [-0.3, -0.25) is 4.79 Å². The molecule has 1 atom stereocenters. The van der Waals surface area contributed by atoms with Crippen LogP contribution >= 0.6 is 35.0 Å². The van der Waals surface area contributed by atoms with E-state index in [0.29, 0.717) is 22.4 Å². The summed E-state index contributed by atoms with van der Waals surface area (Å²) in [5, 5.41) is 0.993. The van der Waals surface area contributed by atoms with Gasteiger partial charge in [0.2, 0.25) is 0 Å². The van der Waals surface area contributed by atoms with Gasteiger partial charge < -0.3 is 10.5 Å². The third kappa shape index (κ3) is 4.76. The van der Waals surface area contributed by atoms with Crippen LogP contribution in [0.1, 0.15) is 6.92 Å². The standard InChI is InChI=1S/C11H13Cl2NO2S/c1-2-16-11(15)10(14)6-17-7-3-4-8(12)9(13)5-7/h3-5,10H,2,6,14H2,1H3. The van der Waals surface area contributed by atoms with Crippen molar-refractivity contribution < 1.29 is 9.53 Å². The first-order chi connectivity index (χ1) is 8.04. The Balaban J connectivity index is 2.50. The minimum absolute atomic E-state index is 0.337. The van der Waals surface area contributed by atoms with Gasteiger partial charge in [0, 0.05) is 10.6 Å². The lowest BCUT2D eigenvalue weighted by molar-refractivity contribution is -0.144. The molecule has 0 aliphatic carbocycles. The number of thioether (sulfide) groups is 1. The van der Waals surface area contributed by atoms with E-state index >= 15 is 0 Å². The van der Waals surface area contributed by atoms with E-state index in [9.17, 15) is 4.79 Å². The molecule has 0 saturated carbocycles. The van der Waals surface area contributed by atoms with Crippen LogP contribution in [0.25, 0.3) is 0 Å². The maximum Gasteiger partial charge on any atom is 0.323 e. The lowest BCUT2D eigenvalue weighted by Crippen LogP contribution is -2.34. The van der Waals surface area contributed by atoms with Gasteiger partial charge in [-0.2, -0.15) is 0 Å². The molecule has 0 aliphatic rings. The predicted octanol–water partition coefficient (Wildman–Crippen LogP) is 2.98. The quantitative estimate of drug-likeness (QED) is 0.670. The van der Waals surface area contributed by atoms with E-state index in [1.54, 1.807) is 19.1 Å². The number of halogens is 2. The molecule has 2 N–H and O–H groups in total. The van der Waals surface area contributed by atoms with E-state index in [2.05, 4.69) is 0 Å². The largest absolute Gasteiger partial charge is 0.465 e. The highest BCUT2D eigenvalue weighted by Gasteiger charge is 2.14. The fourth-order valence-corrected chi connectivity index (χ4v) is 2.31. The molecular formula is C11H13Cl2NO2S. The van der Waals surface area contributed by atoms with Gasteiger partial charge in [0.25, 0.3) is 0 Å². The molecule has 0 heterocycles. The number of carbonyl (C=O) groups is 1. The molecule has 17 heavy (non-hydrogen) atoms. The van der Waals surface area contributed by atoms with Crippen LogP contribution in [0.15, 0.2) is 23.1 Å². The van der Waals surface area contributed by atoms with Gasteiger partial charge in [0.15, 0.2) is 0 Å². The van der Waals surface area contributed by atoms with Crippen LogP contribution in [0.5, 0.6) is 0 Å². The molecule has 0 amide bonds. The van der Waals surface area contributed by atoms with Crippen molar-refractivity contribution in [3.8, 4) is 0 Å².